The van der Waals surface area contributed by atoms with Gasteiger partial charge in [-0.2, -0.15) is 0 Å². The number of nitrogens with zero attached hydrogens (tertiary/aromatic N) is 3. The number of likely N-dealkylation sites (tertiary alicyclic amines) is 1. The van der Waals surface area contributed by atoms with E-state index in [9.17, 15) is 0 Å². The van der Waals surface area contributed by atoms with Gasteiger partial charge in [0.1, 0.15) is 5.82 Å². The molecule has 0 bridgehead atoms. The highest BCUT2D eigenvalue weighted by atomic mass is 15.2. The smallest absolute Gasteiger partial charge is 0.133 e. The molecule has 0 spiro atoms. The maximum Gasteiger partial charge on any atom is 0.133 e. The Balaban J connectivity index is 1.41. The molecule has 0 radical (unpaired) electrons. The van der Waals surface area contributed by atoms with Crippen molar-refractivity contribution in [3.63, 3.8) is 0 Å². The van der Waals surface area contributed by atoms with E-state index >= 15 is 0 Å². The number of hydrogen-bond acceptors (Lipinski definition) is 4. The predicted molar refractivity (Wildman–Crippen MR) is 80.7 cm³/mol. The third kappa shape index (κ3) is 2.11. The fraction of sp³-hybridized carbons (Fsp3) is 0.688. The van der Waals surface area contributed by atoms with Crippen molar-refractivity contribution in [3.8, 4) is 0 Å². The minimum absolute atomic E-state index is 0.899. The number of hydrogen-bond donors (Lipinski definition) is 1. The number of nitrogens with one attached hydrogen (secondary N) is 1. The minimum atomic E-state index is 0.899. The molecule has 108 valence electrons. The largest absolute Gasteiger partial charge is 0.356 e. The zero-order valence-corrected chi connectivity index (χ0v) is 12.3. The van der Waals surface area contributed by atoms with Crippen molar-refractivity contribution in [2.24, 2.45) is 11.8 Å². The molecule has 0 saturated carbocycles. The van der Waals surface area contributed by atoms with Gasteiger partial charge in [-0.1, -0.05) is 0 Å². The van der Waals surface area contributed by atoms with Crippen LogP contribution in [0, 0.1) is 11.8 Å². The quantitative estimate of drug-likeness (QED) is 0.883. The lowest BCUT2D eigenvalue weighted by Gasteiger charge is -2.46. The Kier molecular flexibility index (Phi) is 3.15. The summed E-state index contributed by atoms with van der Waals surface area (Å²) in [7, 11) is 2.24. The fourth-order valence-electron chi connectivity index (χ4n) is 3.96. The second kappa shape index (κ2) is 5.01. The SMILES string of the molecule is CN1CCC(C2CN(c3nccc4c3CNC4)C2)CC1. The summed E-state index contributed by atoms with van der Waals surface area (Å²) in [6.07, 6.45) is 4.75. The molecule has 1 N–H and O–H groups in total. The molecule has 3 aliphatic heterocycles. The molecular weight excluding hydrogens is 248 g/mol. The Morgan fingerprint density at radius 3 is 2.75 bits per heavy atom. The van der Waals surface area contributed by atoms with Crippen LogP contribution < -0.4 is 10.2 Å². The molecule has 4 heteroatoms. The molecule has 1 aromatic heterocycles. The highest BCUT2D eigenvalue weighted by Crippen LogP contribution is 2.36. The molecule has 20 heavy (non-hydrogen) atoms. The average Bonchev–Trinajstić information content (AvgIpc) is 2.88. The molecule has 4 heterocycles. The summed E-state index contributed by atoms with van der Waals surface area (Å²) in [6, 6.07) is 2.16. The normalized spacial score (nSPS) is 24.8. The van der Waals surface area contributed by atoms with E-state index in [4.69, 9.17) is 0 Å². The summed E-state index contributed by atoms with van der Waals surface area (Å²) in [4.78, 5) is 9.60. The molecule has 0 atom stereocenters. The first-order valence-electron chi connectivity index (χ1n) is 7.92. The number of fused-ring (bicyclic) bond motifs is 1. The van der Waals surface area contributed by atoms with Crippen LogP contribution in [0.2, 0.25) is 0 Å². The number of pyridine rings is 1. The molecule has 1 aromatic rings. The minimum Gasteiger partial charge on any atom is -0.356 e. The summed E-state index contributed by atoms with van der Waals surface area (Å²) in [5, 5.41) is 3.44. The van der Waals surface area contributed by atoms with Gasteiger partial charge in [-0.25, -0.2) is 4.98 Å². The summed E-state index contributed by atoms with van der Waals surface area (Å²) >= 11 is 0. The van der Waals surface area contributed by atoms with Crippen LogP contribution in [0.15, 0.2) is 12.3 Å². The molecular formula is C16H24N4. The monoisotopic (exact) mass is 272 g/mol. The number of aromatic nitrogens is 1. The predicted octanol–water partition coefficient (Wildman–Crippen LogP) is 1.46. The standard InChI is InChI=1S/C16H24N4/c1-19-6-3-12(4-7-19)14-10-20(11-14)16-15-9-17-8-13(15)2-5-18-16/h2,5,12,14,17H,3-4,6-11H2,1H3. The number of anilines is 1. The van der Waals surface area contributed by atoms with Crippen molar-refractivity contribution >= 4 is 5.82 Å². The number of piperidine rings is 1. The second-order valence-corrected chi connectivity index (χ2v) is 6.68. The lowest BCUT2D eigenvalue weighted by Crippen LogP contribution is -2.52. The first-order chi connectivity index (χ1) is 9.81. The maximum absolute atomic E-state index is 4.64. The van der Waals surface area contributed by atoms with E-state index in [1.165, 1.54) is 56.0 Å². The summed E-state index contributed by atoms with van der Waals surface area (Å²) < 4.78 is 0. The van der Waals surface area contributed by atoms with Crippen LogP contribution in [0.3, 0.4) is 0 Å². The van der Waals surface area contributed by atoms with E-state index in [0.29, 0.717) is 0 Å². The van der Waals surface area contributed by atoms with Gasteiger partial charge >= 0.3 is 0 Å². The Bertz CT molecular complexity index is 487. The van der Waals surface area contributed by atoms with Gasteiger partial charge in [0.2, 0.25) is 0 Å². The molecule has 2 fully saturated rings. The van der Waals surface area contributed by atoms with E-state index < -0.39 is 0 Å². The van der Waals surface area contributed by atoms with E-state index in [2.05, 4.69) is 33.2 Å². The summed E-state index contributed by atoms with van der Waals surface area (Å²) in [5.74, 6) is 3.09. The van der Waals surface area contributed by atoms with E-state index in [0.717, 1.165) is 24.9 Å². The van der Waals surface area contributed by atoms with Crippen molar-refractivity contribution in [2.75, 3.05) is 38.1 Å². The third-order valence-corrected chi connectivity index (χ3v) is 5.39. The Morgan fingerprint density at radius 1 is 1.15 bits per heavy atom. The Labute approximate surface area is 121 Å². The highest BCUT2D eigenvalue weighted by Gasteiger charge is 2.36. The third-order valence-electron chi connectivity index (χ3n) is 5.39. The average molecular weight is 272 g/mol. The molecule has 4 rings (SSSR count). The lowest BCUT2D eigenvalue weighted by atomic mass is 9.79. The van der Waals surface area contributed by atoms with Gasteiger partial charge < -0.3 is 15.1 Å². The van der Waals surface area contributed by atoms with E-state index in [-0.39, 0.29) is 0 Å². The molecule has 0 aliphatic carbocycles. The van der Waals surface area contributed by atoms with Gasteiger partial charge in [0.05, 0.1) is 0 Å². The van der Waals surface area contributed by atoms with E-state index in [1.54, 1.807) is 0 Å². The molecule has 0 aromatic carbocycles. The first kappa shape index (κ1) is 12.6. The van der Waals surface area contributed by atoms with Crippen molar-refractivity contribution in [1.82, 2.24) is 15.2 Å². The molecule has 4 nitrogen and oxygen atoms in total. The summed E-state index contributed by atoms with van der Waals surface area (Å²) in [6.45, 7) is 7.01. The van der Waals surface area contributed by atoms with Crippen LogP contribution in [0.1, 0.15) is 24.0 Å². The molecule has 0 unspecified atom stereocenters. The molecule has 3 aliphatic rings. The van der Waals surface area contributed by atoms with Crippen molar-refractivity contribution in [3.05, 3.63) is 23.4 Å². The Morgan fingerprint density at radius 2 is 1.95 bits per heavy atom. The van der Waals surface area contributed by atoms with Crippen LogP contribution in [0.25, 0.3) is 0 Å². The van der Waals surface area contributed by atoms with Gasteiger partial charge in [-0.15, -0.1) is 0 Å². The van der Waals surface area contributed by atoms with Gasteiger partial charge in [0, 0.05) is 37.9 Å². The van der Waals surface area contributed by atoms with Crippen molar-refractivity contribution in [1.29, 1.82) is 0 Å². The zero-order valence-electron chi connectivity index (χ0n) is 12.3. The van der Waals surface area contributed by atoms with Crippen LogP contribution >= 0.6 is 0 Å². The maximum atomic E-state index is 4.64. The van der Waals surface area contributed by atoms with Gasteiger partial charge in [0.25, 0.3) is 0 Å². The van der Waals surface area contributed by atoms with Crippen LogP contribution in [0.4, 0.5) is 5.82 Å². The molecule has 0 amide bonds. The molecule has 2 saturated heterocycles. The van der Waals surface area contributed by atoms with Crippen LogP contribution in [-0.2, 0) is 13.1 Å². The highest BCUT2D eigenvalue weighted by molar-refractivity contribution is 5.54. The zero-order chi connectivity index (χ0) is 13.5. The topological polar surface area (TPSA) is 31.4 Å². The van der Waals surface area contributed by atoms with Crippen LogP contribution in [-0.4, -0.2) is 43.1 Å². The van der Waals surface area contributed by atoms with Gasteiger partial charge in [-0.05, 0) is 56.4 Å². The summed E-state index contributed by atoms with van der Waals surface area (Å²) in [5.41, 5.74) is 2.88. The second-order valence-electron chi connectivity index (χ2n) is 6.68. The lowest BCUT2D eigenvalue weighted by molar-refractivity contribution is 0.151. The Hall–Kier alpha value is -1.13. The fourth-order valence-corrected chi connectivity index (χ4v) is 3.96. The van der Waals surface area contributed by atoms with E-state index in [1.807, 2.05) is 6.20 Å². The first-order valence-corrected chi connectivity index (χ1v) is 7.92. The van der Waals surface area contributed by atoms with Gasteiger partial charge in [-0.3, -0.25) is 0 Å². The van der Waals surface area contributed by atoms with Crippen molar-refractivity contribution in [2.45, 2.75) is 25.9 Å². The van der Waals surface area contributed by atoms with Gasteiger partial charge in [0.15, 0.2) is 0 Å². The number of rotatable bonds is 2. The van der Waals surface area contributed by atoms with Crippen LogP contribution in [0.5, 0.6) is 0 Å². The van der Waals surface area contributed by atoms with Crippen molar-refractivity contribution < 1.29 is 0 Å².